The van der Waals surface area contributed by atoms with Crippen molar-refractivity contribution >= 4 is 18.3 Å². The summed E-state index contributed by atoms with van der Waals surface area (Å²) in [6.07, 6.45) is 3.55. The van der Waals surface area contributed by atoms with Gasteiger partial charge in [-0.05, 0) is 30.7 Å². The highest BCUT2D eigenvalue weighted by Crippen LogP contribution is 2.44. The molecule has 0 aromatic heterocycles. The molecular weight excluding hydrogens is 322 g/mol. The van der Waals surface area contributed by atoms with E-state index in [4.69, 9.17) is 0 Å². The molecule has 1 aromatic rings. The SMILES string of the molecule is Cl.O=C(C(c1ccccc1)C1CC1)N1CCC(N2CCNCC2)C1. The quantitative estimate of drug-likeness (QED) is 0.904. The van der Waals surface area contributed by atoms with Gasteiger partial charge in [0.05, 0.1) is 5.92 Å². The van der Waals surface area contributed by atoms with Crippen LogP contribution in [0, 0.1) is 5.92 Å². The second-order valence-electron chi connectivity index (χ2n) is 7.24. The van der Waals surface area contributed by atoms with Crippen LogP contribution in [0.15, 0.2) is 30.3 Å². The molecule has 1 aromatic carbocycles. The summed E-state index contributed by atoms with van der Waals surface area (Å²) >= 11 is 0. The van der Waals surface area contributed by atoms with Gasteiger partial charge < -0.3 is 10.2 Å². The minimum absolute atomic E-state index is 0. The molecule has 24 heavy (non-hydrogen) atoms. The molecule has 4 rings (SSSR count). The number of hydrogen-bond acceptors (Lipinski definition) is 3. The summed E-state index contributed by atoms with van der Waals surface area (Å²) in [7, 11) is 0. The van der Waals surface area contributed by atoms with Gasteiger partial charge in [0.2, 0.25) is 5.91 Å². The van der Waals surface area contributed by atoms with E-state index < -0.39 is 0 Å². The molecule has 1 saturated carbocycles. The van der Waals surface area contributed by atoms with Crippen LogP contribution < -0.4 is 5.32 Å². The zero-order chi connectivity index (χ0) is 15.6. The normalized spacial score (nSPS) is 26.0. The number of rotatable bonds is 4. The maximum Gasteiger partial charge on any atom is 0.230 e. The minimum Gasteiger partial charge on any atom is -0.341 e. The van der Waals surface area contributed by atoms with E-state index in [0.717, 1.165) is 45.7 Å². The van der Waals surface area contributed by atoms with Gasteiger partial charge in [0, 0.05) is 45.3 Å². The van der Waals surface area contributed by atoms with Crippen molar-refractivity contribution in [3.8, 4) is 0 Å². The number of piperazine rings is 1. The standard InChI is InChI=1S/C19H27N3O.ClH/c23-19(18(16-6-7-16)15-4-2-1-3-5-15)22-11-8-17(14-22)21-12-9-20-10-13-21;/h1-5,16-18,20H,6-14H2;1H. The molecule has 2 heterocycles. The summed E-state index contributed by atoms with van der Waals surface area (Å²) in [6, 6.07) is 11.0. The van der Waals surface area contributed by atoms with Crippen molar-refractivity contribution < 1.29 is 4.79 Å². The molecule has 132 valence electrons. The molecule has 0 spiro atoms. The number of amides is 1. The third-order valence-corrected chi connectivity index (χ3v) is 5.66. The van der Waals surface area contributed by atoms with Crippen LogP contribution >= 0.6 is 12.4 Å². The van der Waals surface area contributed by atoms with E-state index >= 15 is 0 Å². The van der Waals surface area contributed by atoms with Gasteiger partial charge in [0.15, 0.2) is 0 Å². The van der Waals surface area contributed by atoms with E-state index in [2.05, 4.69) is 39.4 Å². The highest BCUT2D eigenvalue weighted by Gasteiger charge is 2.41. The van der Waals surface area contributed by atoms with Crippen LogP contribution in [0.5, 0.6) is 0 Å². The van der Waals surface area contributed by atoms with Gasteiger partial charge in [0.25, 0.3) is 0 Å². The van der Waals surface area contributed by atoms with Gasteiger partial charge in [-0.1, -0.05) is 30.3 Å². The zero-order valence-corrected chi connectivity index (χ0v) is 15.0. The second kappa shape index (κ2) is 7.85. The van der Waals surface area contributed by atoms with E-state index in [1.807, 2.05) is 6.07 Å². The zero-order valence-electron chi connectivity index (χ0n) is 14.2. The lowest BCUT2D eigenvalue weighted by molar-refractivity contribution is -0.132. The Kier molecular flexibility index (Phi) is 5.80. The molecule has 2 aliphatic heterocycles. The largest absolute Gasteiger partial charge is 0.341 e. The van der Waals surface area contributed by atoms with E-state index in [9.17, 15) is 4.79 Å². The molecular formula is C19H28ClN3O. The molecule has 5 heteroatoms. The van der Waals surface area contributed by atoms with Crippen LogP contribution in [-0.2, 0) is 4.79 Å². The topological polar surface area (TPSA) is 35.6 Å². The van der Waals surface area contributed by atoms with Gasteiger partial charge in [-0.3, -0.25) is 9.69 Å². The molecule has 1 amide bonds. The average Bonchev–Trinajstić information content (AvgIpc) is 3.31. The van der Waals surface area contributed by atoms with Crippen molar-refractivity contribution in [2.75, 3.05) is 39.3 Å². The predicted molar refractivity (Wildman–Crippen MR) is 98.6 cm³/mol. The summed E-state index contributed by atoms with van der Waals surface area (Å²) in [4.78, 5) is 17.9. The van der Waals surface area contributed by atoms with Crippen LogP contribution in [0.1, 0.15) is 30.7 Å². The average molecular weight is 350 g/mol. The smallest absolute Gasteiger partial charge is 0.230 e. The van der Waals surface area contributed by atoms with Gasteiger partial charge in [-0.25, -0.2) is 0 Å². The van der Waals surface area contributed by atoms with Gasteiger partial charge in [-0.2, -0.15) is 0 Å². The number of benzene rings is 1. The van der Waals surface area contributed by atoms with E-state index in [0.29, 0.717) is 17.9 Å². The van der Waals surface area contributed by atoms with Crippen LogP contribution in [0.25, 0.3) is 0 Å². The molecule has 4 nitrogen and oxygen atoms in total. The number of carbonyl (C=O) groups is 1. The highest BCUT2D eigenvalue weighted by molar-refractivity contribution is 5.85. The molecule has 0 radical (unpaired) electrons. The molecule has 2 unspecified atom stereocenters. The molecule has 0 bridgehead atoms. The first kappa shape index (κ1) is 17.7. The van der Waals surface area contributed by atoms with Crippen LogP contribution in [0.3, 0.4) is 0 Å². The van der Waals surface area contributed by atoms with Crippen molar-refractivity contribution in [3.05, 3.63) is 35.9 Å². The lowest BCUT2D eigenvalue weighted by Crippen LogP contribution is -2.49. The second-order valence-corrected chi connectivity index (χ2v) is 7.24. The fraction of sp³-hybridized carbons (Fsp3) is 0.632. The van der Waals surface area contributed by atoms with Crippen LogP contribution in [0.2, 0.25) is 0 Å². The Morgan fingerprint density at radius 2 is 1.75 bits per heavy atom. The molecule has 1 N–H and O–H groups in total. The first-order valence-corrected chi connectivity index (χ1v) is 9.11. The maximum atomic E-state index is 13.2. The Bertz CT molecular complexity index is 543. The van der Waals surface area contributed by atoms with E-state index in [-0.39, 0.29) is 18.3 Å². The van der Waals surface area contributed by atoms with Gasteiger partial charge in [-0.15, -0.1) is 12.4 Å². The van der Waals surface area contributed by atoms with Gasteiger partial charge in [0.1, 0.15) is 0 Å². The Labute approximate surface area is 151 Å². The van der Waals surface area contributed by atoms with E-state index in [1.165, 1.54) is 18.4 Å². The number of halogens is 1. The lowest BCUT2D eigenvalue weighted by Gasteiger charge is -2.33. The van der Waals surface area contributed by atoms with Crippen molar-refractivity contribution in [3.63, 3.8) is 0 Å². The molecule has 2 atom stereocenters. The fourth-order valence-corrected chi connectivity index (χ4v) is 4.19. The first-order valence-electron chi connectivity index (χ1n) is 9.11. The summed E-state index contributed by atoms with van der Waals surface area (Å²) in [6.45, 7) is 6.27. The van der Waals surface area contributed by atoms with E-state index in [1.54, 1.807) is 0 Å². The predicted octanol–water partition coefficient (Wildman–Crippen LogP) is 2.11. The van der Waals surface area contributed by atoms with Gasteiger partial charge >= 0.3 is 0 Å². The van der Waals surface area contributed by atoms with Crippen molar-refractivity contribution in [2.45, 2.75) is 31.2 Å². The Balaban J connectivity index is 0.00000169. The third kappa shape index (κ3) is 3.76. The van der Waals surface area contributed by atoms with Crippen LogP contribution in [-0.4, -0.2) is 61.0 Å². The molecule has 3 fully saturated rings. The fourth-order valence-electron chi connectivity index (χ4n) is 4.19. The monoisotopic (exact) mass is 349 g/mol. The summed E-state index contributed by atoms with van der Waals surface area (Å²) in [5.41, 5.74) is 1.21. The number of carbonyl (C=O) groups excluding carboxylic acids is 1. The van der Waals surface area contributed by atoms with Crippen molar-refractivity contribution in [1.29, 1.82) is 0 Å². The number of nitrogens with one attached hydrogen (secondary N) is 1. The third-order valence-electron chi connectivity index (χ3n) is 5.66. The lowest BCUT2D eigenvalue weighted by atomic mass is 9.93. The number of hydrogen-bond donors (Lipinski definition) is 1. The summed E-state index contributed by atoms with van der Waals surface area (Å²) in [5, 5.41) is 3.41. The number of nitrogens with zero attached hydrogens (tertiary/aromatic N) is 2. The molecule has 2 saturated heterocycles. The Hall–Kier alpha value is -1.10. The van der Waals surface area contributed by atoms with Crippen LogP contribution in [0.4, 0.5) is 0 Å². The molecule has 3 aliphatic rings. The first-order chi connectivity index (χ1) is 11.3. The van der Waals surface area contributed by atoms with Crippen molar-refractivity contribution in [1.82, 2.24) is 15.1 Å². The minimum atomic E-state index is 0. The Morgan fingerprint density at radius 3 is 2.42 bits per heavy atom. The maximum absolute atomic E-state index is 13.2. The van der Waals surface area contributed by atoms with Crippen molar-refractivity contribution in [2.24, 2.45) is 5.92 Å². The highest BCUT2D eigenvalue weighted by atomic mass is 35.5. The Morgan fingerprint density at radius 1 is 1.04 bits per heavy atom. The molecule has 1 aliphatic carbocycles. The summed E-state index contributed by atoms with van der Waals surface area (Å²) < 4.78 is 0. The number of likely N-dealkylation sites (tertiary alicyclic amines) is 1. The summed E-state index contributed by atoms with van der Waals surface area (Å²) in [5.74, 6) is 1.04.